The van der Waals surface area contributed by atoms with E-state index in [1.807, 2.05) is 12.1 Å². The van der Waals surface area contributed by atoms with E-state index in [1.54, 1.807) is 14.0 Å². The molecule has 0 unspecified atom stereocenters. The molecule has 1 rings (SSSR count). The van der Waals surface area contributed by atoms with Gasteiger partial charge in [-0.05, 0) is 51.1 Å². The van der Waals surface area contributed by atoms with E-state index in [2.05, 4.69) is 24.1 Å². The van der Waals surface area contributed by atoms with Crippen LogP contribution in [-0.2, 0) is 11.3 Å². The van der Waals surface area contributed by atoms with Gasteiger partial charge in [-0.3, -0.25) is 0 Å². The maximum atomic E-state index is 10.8. The van der Waals surface area contributed by atoms with E-state index in [0.29, 0.717) is 6.42 Å². The smallest absolute Gasteiger partial charge is 0.129 e. The second kappa shape index (κ2) is 7.88. The summed E-state index contributed by atoms with van der Waals surface area (Å²) in [7, 11) is 3.79. The van der Waals surface area contributed by atoms with Gasteiger partial charge in [-0.2, -0.15) is 0 Å². The van der Waals surface area contributed by atoms with Gasteiger partial charge < -0.3 is 14.4 Å². The summed E-state index contributed by atoms with van der Waals surface area (Å²) in [5, 5.41) is 0. The summed E-state index contributed by atoms with van der Waals surface area (Å²) >= 11 is 0. The van der Waals surface area contributed by atoms with Crippen molar-refractivity contribution in [2.45, 2.75) is 32.7 Å². The highest BCUT2D eigenvalue weighted by Crippen LogP contribution is 2.12. The molecule has 0 saturated heterocycles. The molecule has 3 heteroatoms. The van der Waals surface area contributed by atoms with Crippen LogP contribution in [0.4, 0.5) is 0 Å². The first kappa shape index (κ1) is 14.7. The van der Waals surface area contributed by atoms with E-state index in [-0.39, 0.29) is 5.78 Å². The third kappa shape index (κ3) is 5.82. The summed E-state index contributed by atoms with van der Waals surface area (Å²) in [5.41, 5.74) is 1.28. The summed E-state index contributed by atoms with van der Waals surface area (Å²) < 4.78 is 5.13. The Bertz CT molecular complexity index is 359. The summed E-state index contributed by atoms with van der Waals surface area (Å²) in [6.07, 6.45) is 2.77. The average Bonchev–Trinajstić information content (AvgIpc) is 2.35. The van der Waals surface area contributed by atoms with Crippen LogP contribution >= 0.6 is 0 Å². The van der Waals surface area contributed by atoms with Crippen molar-refractivity contribution in [1.29, 1.82) is 0 Å². The molecule has 0 amide bonds. The Morgan fingerprint density at radius 2 is 1.89 bits per heavy atom. The third-order valence-corrected chi connectivity index (χ3v) is 2.93. The minimum atomic E-state index is 0.285. The minimum absolute atomic E-state index is 0.285. The van der Waals surface area contributed by atoms with Gasteiger partial charge in [0, 0.05) is 13.0 Å². The number of hydrogen-bond acceptors (Lipinski definition) is 3. The zero-order chi connectivity index (χ0) is 13.4. The Balaban J connectivity index is 2.26. The quantitative estimate of drug-likeness (QED) is 0.663. The number of benzene rings is 1. The van der Waals surface area contributed by atoms with Crippen molar-refractivity contribution in [3.8, 4) is 5.75 Å². The number of nitrogens with zero attached hydrogens (tertiary/aromatic N) is 1. The third-order valence-electron chi connectivity index (χ3n) is 2.93. The molecule has 0 fully saturated rings. The van der Waals surface area contributed by atoms with Crippen molar-refractivity contribution in [2.75, 3.05) is 20.7 Å². The van der Waals surface area contributed by atoms with Gasteiger partial charge in [-0.25, -0.2) is 0 Å². The van der Waals surface area contributed by atoms with Crippen molar-refractivity contribution in [2.24, 2.45) is 0 Å². The van der Waals surface area contributed by atoms with E-state index in [4.69, 9.17) is 4.74 Å². The molecule has 0 N–H and O–H groups in total. The second-order valence-corrected chi connectivity index (χ2v) is 4.74. The van der Waals surface area contributed by atoms with Crippen LogP contribution in [0.25, 0.3) is 0 Å². The van der Waals surface area contributed by atoms with E-state index >= 15 is 0 Å². The van der Waals surface area contributed by atoms with Crippen LogP contribution in [0, 0.1) is 0 Å². The van der Waals surface area contributed by atoms with Gasteiger partial charge in [0.1, 0.15) is 11.5 Å². The van der Waals surface area contributed by atoms with Gasteiger partial charge in [0.2, 0.25) is 0 Å². The molecule has 0 atom stereocenters. The summed E-state index contributed by atoms with van der Waals surface area (Å²) in [5.74, 6) is 1.18. The molecule has 0 aromatic heterocycles. The number of Topliss-reactive ketones (excluding diaryl/α,β-unsaturated/α-hetero) is 1. The lowest BCUT2D eigenvalue weighted by molar-refractivity contribution is -0.117. The number of rotatable bonds is 8. The van der Waals surface area contributed by atoms with Crippen molar-refractivity contribution in [1.82, 2.24) is 4.90 Å². The topological polar surface area (TPSA) is 29.5 Å². The van der Waals surface area contributed by atoms with Crippen molar-refractivity contribution in [3.05, 3.63) is 29.8 Å². The first-order valence-electron chi connectivity index (χ1n) is 6.42. The van der Waals surface area contributed by atoms with Gasteiger partial charge in [-0.1, -0.05) is 12.1 Å². The number of unbranched alkanes of at least 4 members (excludes halogenated alkanes) is 1. The van der Waals surface area contributed by atoms with E-state index < -0.39 is 0 Å². The minimum Gasteiger partial charge on any atom is -0.497 e. The molecule has 18 heavy (non-hydrogen) atoms. The molecule has 0 radical (unpaired) electrons. The van der Waals surface area contributed by atoms with Crippen LogP contribution in [0.5, 0.6) is 5.75 Å². The van der Waals surface area contributed by atoms with Crippen molar-refractivity contribution >= 4 is 5.78 Å². The fraction of sp³-hybridized carbons (Fsp3) is 0.533. The Hall–Kier alpha value is -1.35. The summed E-state index contributed by atoms with van der Waals surface area (Å²) in [6.45, 7) is 3.62. The Kier molecular flexibility index (Phi) is 6.44. The lowest BCUT2D eigenvalue weighted by Gasteiger charge is -2.16. The second-order valence-electron chi connectivity index (χ2n) is 4.74. The van der Waals surface area contributed by atoms with E-state index in [0.717, 1.165) is 31.7 Å². The highest BCUT2D eigenvalue weighted by Gasteiger charge is 2.01. The maximum absolute atomic E-state index is 10.8. The van der Waals surface area contributed by atoms with Crippen LogP contribution in [-0.4, -0.2) is 31.4 Å². The average molecular weight is 249 g/mol. The van der Waals surface area contributed by atoms with Gasteiger partial charge in [0.15, 0.2) is 0 Å². The molecule has 0 aliphatic heterocycles. The molecule has 0 aliphatic rings. The molecule has 0 bridgehead atoms. The monoisotopic (exact) mass is 249 g/mol. The Labute approximate surface area is 110 Å². The molecular weight excluding hydrogens is 226 g/mol. The normalized spacial score (nSPS) is 10.7. The van der Waals surface area contributed by atoms with Gasteiger partial charge in [0.05, 0.1) is 7.11 Å². The fourth-order valence-corrected chi connectivity index (χ4v) is 1.88. The van der Waals surface area contributed by atoms with Crippen LogP contribution in [0.2, 0.25) is 0 Å². The fourth-order valence-electron chi connectivity index (χ4n) is 1.88. The van der Waals surface area contributed by atoms with Crippen LogP contribution in [0.3, 0.4) is 0 Å². The van der Waals surface area contributed by atoms with E-state index in [9.17, 15) is 4.79 Å². The zero-order valence-corrected chi connectivity index (χ0v) is 11.6. The molecule has 0 heterocycles. The Morgan fingerprint density at radius 3 is 2.44 bits per heavy atom. The van der Waals surface area contributed by atoms with Gasteiger partial charge in [0.25, 0.3) is 0 Å². The first-order chi connectivity index (χ1) is 8.61. The molecule has 100 valence electrons. The molecule has 0 spiro atoms. The molecule has 0 saturated carbocycles. The number of carbonyl (C=O) groups is 1. The molecule has 0 aliphatic carbocycles. The summed E-state index contributed by atoms with van der Waals surface area (Å²) in [4.78, 5) is 13.1. The van der Waals surface area contributed by atoms with Crippen molar-refractivity contribution in [3.63, 3.8) is 0 Å². The van der Waals surface area contributed by atoms with Crippen molar-refractivity contribution < 1.29 is 9.53 Å². The van der Waals surface area contributed by atoms with Gasteiger partial charge >= 0.3 is 0 Å². The highest BCUT2D eigenvalue weighted by atomic mass is 16.5. The lowest BCUT2D eigenvalue weighted by Crippen LogP contribution is -2.19. The highest BCUT2D eigenvalue weighted by molar-refractivity contribution is 5.75. The molecule has 1 aromatic rings. The number of carbonyl (C=O) groups excluding carboxylic acids is 1. The van der Waals surface area contributed by atoms with Crippen LogP contribution in [0.15, 0.2) is 24.3 Å². The zero-order valence-electron chi connectivity index (χ0n) is 11.6. The number of methoxy groups -OCH3 is 1. The Morgan fingerprint density at radius 1 is 1.22 bits per heavy atom. The molecule has 1 aromatic carbocycles. The standard InChI is InChI=1S/C15H23NO2/c1-13(17)6-4-5-11-16(2)12-14-7-9-15(18-3)10-8-14/h7-10H,4-6,11-12H2,1-3H3. The number of ketones is 1. The van der Waals surface area contributed by atoms with Crippen LogP contribution < -0.4 is 4.74 Å². The lowest BCUT2D eigenvalue weighted by atomic mass is 10.1. The van der Waals surface area contributed by atoms with E-state index in [1.165, 1.54) is 5.56 Å². The maximum Gasteiger partial charge on any atom is 0.129 e. The largest absolute Gasteiger partial charge is 0.497 e. The first-order valence-corrected chi connectivity index (χ1v) is 6.42. The van der Waals surface area contributed by atoms with Gasteiger partial charge in [-0.15, -0.1) is 0 Å². The SMILES string of the molecule is COc1ccc(CN(C)CCCCC(C)=O)cc1. The predicted octanol–water partition coefficient (Wildman–Crippen LogP) is 2.89. The number of ether oxygens (including phenoxy) is 1. The molecule has 3 nitrogen and oxygen atoms in total. The summed E-state index contributed by atoms with van der Waals surface area (Å²) in [6, 6.07) is 8.15. The predicted molar refractivity (Wildman–Crippen MR) is 73.9 cm³/mol. The molecular formula is C15H23NO2. The number of hydrogen-bond donors (Lipinski definition) is 0. The van der Waals surface area contributed by atoms with Crippen LogP contribution in [0.1, 0.15) is 31.7 Å².